The molecule has 2 rings (SSSR count). The summed E-state index contributed by atoms with van der Waals surface area (Å²) < 4.78 is 21.0. The monoisotopic (exact) mass is 390 g/mol. The average molecular weight is 391 g/mol. The zero-order chi connectivity index (χ0) is 20.4. The van der Waals surface area contributed by atoms with Gasteiger partial charge in [-0.2, -0.15) is 0 Å². The van der Waals surface area contributed by atoms with Gasteiger partial charge in [-0.1, -0.05) is 26.3 Å². The molecule has 0 atom stereocenters. The molecule has 0 unspecified atom stereocenters. The van der Waals surface area contributed by atoms with Gasteiger partial charge in [0.15, 0.2) is 17.5 Å². The van der Waals surface area contributed by atoms with Crippen LogP contribution >= 0.6 is 0 Å². The quantitative estimate of drug-likeness (QED) is 0.384. The second-order valence-corrected chi connectivity index (χ2v) is 6.60. The van der Waals surface area contributed by atoms with E-state index < -0.39 is 0 Å². The van der Waals surface area contributed by atoms with Crippen LogP contribution in [0.15, 0.2) is 29.5 Å². The lowest BCUT2D eigenvalue weighted by Crippen LogP contribution is -2.40. The summed E-state index contributed by atoms with van der Waals surface area (Å²) in [5, 5.41) is 11.5. The molecule has 8 heteroatoms. The summed E-state index contributed by atoms with van der Waals surface area (Å²) in [6, 6.07) is 5.02. The van der Waals surface area contributed by atoms with E-state index in [4.69, 9.17) is 9.73 Å². The highest BCUT2D eigenvalue weighted by Crippen LogP contribution is 2.18. The van der Waals surface area contributed by atoms with Crippen molar-refractivity contribution >= 4 is 5.96 Å². The first-order valence-electron chi connectivity index (χ1n) is 9.77. The average Bonchev–Trinajstić information content (AvgIpc) is 3.14. The first-order valence-corrected chi connectivity index (χ1v) is 9.77. The van der Waals surface area contributed by atoms with E-state index in [0.29, 0.717) is 13.1 Å². The Balaban J connectivity index is 2.00. The van der Waals surface area contributed by atoms with Gasteiger partial charge in [0.05, 0.1) is 7.11 Å². The van der Waals surface area contributed by atoms with E-state index in [1.54, 1.807) is 12.4 Å². The van der Waals surface area contributed by atoms with Crippen molar-refractivity contribution in [3.63, 3.8) is 0 Å². The number of halogens is 1. The van der Waals surface area contributed by atoms with Gasteiger partial charge < -0.3 is 19.5 Å². The number of benzene rings is 1. The van der Waals surface area contributed by atoms with Crippen molar-refractivity contribution in [1.82, 2.24) is 25.0 Å². The highest BCUT2D eigenvalue weighted by Gasteiger charge is 2.10. The smallest absolute Gasteiger partial charge is 0.194 e. The van der Waals surface area contributed by atoms with Crippen LogP contribution in [0, 0.1) is 5.82 Å². The van der Waals surface area contributed by atoms with Gasteiger partial charge in [0.25, 0.3) is 0 Å². The number of nitrogens with zero attached hydrogens (tertiary/aromatic N) is 5. The van der Waals surface area contributed by atoms with E-state index in [9.17, 15) is 4.39 Å². The molecule has 1 N–H and O–H groups in total. The summed E-state index contributed by atoms with van der Waals surface area (Å²) >= 11 is 0. The molecule has 1 aromatic heterocycles. The second-order valence-electron chi connectivity index (χ2n) is 6.60. The molecule has 0 saturated carbocycles. The molecule has 0 radical (unpaired) electrons. The third kappa shape index (κ3) is 6.21. The van der Waals surface area contributed by atoms with Gasteiger partial charge in [-0.15, -0.1) is 10.2 Å². The fourth-order valence-corrected chi connectivity index (χ4v) is 2.84. The standard InChI is InChI=1S/C20H31FN6O/c1-5-7-10-22-20(23-11-12-27-15-24-25-19(27)6-2)26(3)14-16-8-9-18(28-4)17(21)13-16/h8-9,13,15H,5-7,10-12,14H2,1-4H3,(H,22,23). The number of hydrogen-bond donors (Lipinski definition) is 1. The van der Waals surface area contributed by atoms with Gasteiger partial charge in [0.2, 0.25) is 0 Å². The minimum atomic E-state index is -0.356. The summed E-state index contributed by atoms with van der Waals surface area (Å²) in [4.78, 5) is 6.70. The maximum atomic E-state index is 14.0. The van der Waals surface area contributed by atoms with Crippen molar-refractivity contribution < 1.29 is 9.13 Å². The molecule has 154 valence electrons. The zero-order valence-electron chi connectivity index (χ0n) is 17.3. The van der Waals surface area contributed by atoms with Crippen LogP contribution in [0.25, 0.3) is 0 Å². The predicted molar refractivity (Wildman–Crippen MR) is 109 cm³/mol. The Hall–Kier alpha value is -2.64. The molecule has 28 heavy (non-hydrogen) atoms. The Morgan fingerprint density at radius 3 is 2.86 bits per heavy atom. The highest BCUT2D eigenvalue weighted by molar-refractivity contribution is 5.79. The van der Waals surface area contributed by atoms with Gasteiger partial charge in [0.1, 0.15) is 12.2 Å². The Morgan fingerprint density at radius 1 is 1.36 bits per heavy atom. The van der Waals surface area contributed by atoms with Crippen molar-refractivity contribution in [2.45, 2.75) is 46.2 Å². The topological polar surface area (TPSA) is 67.6 Å². The third-order valence-corrected chi connectivity index (χ3v) is 4.42. The van der Waals surface area contributed by atoms with Gasteiger partial charge in [-0.25, -0.2) is 4.39 Å². The minimum Gasteiger partial charge on any atom is -0.494 e. The number of aliphatic imine (C=N–C) groups is 1. The third-order valence-electron chi connectivity index (χ3n) is 4.42. The lowest BCUT2D eigenvalue weighted by molar-refractivity contribution is 0.385. The maximum absolute atomic E-state index is 14.0. The molecule has 0 bridgehead atoms. The van der Waals surface area contributed by atoms with E-state index in [2.05, 4.69) is 29.4 Å². The van der Waals surface area contributed by atoms with Crippen molar-refractivity contribution in [2.75, 3.05) is 27.2 Å². The van der Waals surface area contributed by atoms with Crippen molar-refractivity contribution in [1.29, 1.82) is 0 Å². The lowest BCUT2D eigenvalue weighted by atomic mass is 10.2. The summed E-state index contributed by atoms with van der Waals surface area (Å²) in [6.07, 6.45) is 4.71. The number of nitrogens with one attached hydrogen (secondary N) is 1. The number of hydrogen-bond acceptors (Lipinski definition) is 4. The van der Waals surface area contributed by atoms with Crippen LogP contribution < -0.4 is 10.1 Å². The first-order chi connectivity index (χ1) is 13.6. The molecule has 0 fully saturated rings. The summed E-state index contributed by atoms with van der Waals surface area (Å²) in [7, 11) is 3.42. The summed E-state index contributed by atoms with van der Waals surface area (Å²) in [6.45, 7) is 6.97. The second kappa shape index (κ2) is 11.3. The molecule has 7 nitrogen and oxygen atoms in total. The Morgan fingerprint density at radius 2 is 2.18 bits per heavy atom. The van der Waals surface area contributed by atoms with Crippen LogP contribution in [0.5, 0.6) is 5.75 Å². The van der Waals surface area contributed by atoms with E-state index in [1.165, 1.54) is 13.2 Å². The molecule has 0 aliphatic rings. The molecule has 0 saturated heterocycles. The molecular weight excluding hydrogens is 359 g/mol. The fraction of sp³-hybridized carbons (Fsp3) is 0.550. The van der Waals surface area contributed by atoms with E-state index >= 15 is 0 Å². The van der Waals surface area contributed by atoms with E-state index in [1.807, 2.05) is 22.6 Å². The Bertz CT molecular complexity index is 761. The molecule has 1 aromatic carbocycles. The number of unbranched alkanes of at least 4 members (excludes halogenated alkanes) is 1. The molecule has 1 heterocycles. The van der Waals surface area contributed by atoms with Gasteiger partial charge in [-0.3, -0.25) is 4.99 Å². The zero-order valence-corrected chi connectivity index (χ0v) is 17.3. The summed E-state index contributed by atoms with van der Waals surface area (Å²) in [5.41, 5.74) is 0.859. The number of ether oxygens (including phenoxy) is 1. The van der Waals surface area contributed by atoms with Gasteiger partial charge in [0, 0.05) is 39.6 Å². The minimum absolute atomic E-state index is 0.252. The van der Waals surface area contributed by atoms with Crippen LogP contribution in [0.1, 0.15) is 38.1 Å². The van der Waals surface area contributed by atoms with Gasteiger partial charge >= 0.3 is 0 Å². The molecule has 2 aromatic rings. The molecule has 0 amide bonds. The van der Waals surface area contributed by atoms with Crippen LogP contribution in [-0.2, 0) is 19.5 Å². The van der Waals surface area contributed by atoms with Crippen molar-refractivity contribution in [2.24, 2.45) is 4.99 Å². The molecule has 0 aliphatic heterocycles. The highest BCUT2D eigenvalue weighted by atomic mass is 19.1. The number of guanidine groups is 1. The van der Waals surface area contributed by atoms with Gasteiger partial charge in [-0.05, 0) is 24.1 Å². The van der Waals surface area contributed by atoms with Crippen LogP contribution in [0.4, 0.5) is 4.39 Å². The lowest BCUT2D eigenvalue weighted by Gasteiger charge is -2.23. The Kier molecular flexibility index (Phi) is 8.71. The Labute approximate surface area is 166 Å². The SMILES string of the molecule is CCCCN=C(NCCn1cnnc1CC)N(C)Cc1ccc(OC)c(F)c1. The van der Waals surface area contributed by atoms with E-state index in [-0.39, 0.29) is 11.6 Å². The van der Waals surface area contributed by atoms with Crippen molar-refractivity contribution in [3.8, 4) is 5.75 Å². The number of rotatable bonds is 10. The fourth-order valence-electron chi connectivity index (χ4n) is 2.84. The summed E-state index contributed by atoms with van der Waals surface area (Å²) in [5.74, 6) is 1.66. The van der Waals surface area contributed by atoms with E-state index in [0.717, 1.165) is 49.7 Å². The van der Waals surface area contributed by atoms with Crippen LogP contribution in [0.3, 0.4) is 0 Å². The van der Waals surface area contributed by atoms with Crippen LogP contribution in [-0.4, -0.2) is 52.9 Å². The molecular formula is C20H31FN6O. The van der Waals surface area contributed by atoms with Crippen LogP contribution in [0.2, 0.25) is 0 Å². The number of methoxy groups -OCH3 is 1. The number of aryl methyl sites for hydroxylation is 1. The molecule has 0 spiro atoms. The normalized spacial score (nSPS) is 11.5. The predicted octanol–water partition coefficient (Wildman–Crippen LogP) is 2.87. The first kappa shape index (κ1) is 21.7. The van der Waals surface area contributed by atoms with Crippen molar-refractivity contribution in [3.05, 3.63) is 41.7 Å². The largest absolute Gasteiger partial charge is 0.494 e. The molecule has 0 aliphatic carbocycles. The number of aromatic nitrogens is 3. The maximum Gasteiger partial charge on any atom is 0.194 e.